The third-order valence-corrected chi connectivity index (χ3v) is 7.84. The average Bonchev–Trinajstić information content (AvgIpc) is 2.64. The average molecular weight is 414 g/mol. The Bertz CT molecular complexity index is 783. The maximum atomic E-state index is 13.0. The highest BCUT2D eigenvalue weighted by Crippen LogP contribution is 2.26. The lowest BCUT2D eigenvalue weighted by Crippen LogP contribution is -2.43. The molecule has 6 nitrogen and oxygen atoms in total. The molecule has 0 aromatic heterocycles. The van der Waals surface area contributed by atoms with Crippen molar-refractivity contribution in [2.24, 2.45) is 5.92 Å². The summed E-state index contributed by atoms with van der Waals surface area (Å²) in [5.41, 5.74) is 0.224. The summed E-state index contributed by atoms with van der Waals surface area (Å²) in [4.78, 5) is 15.1. The summed E-state index contributed by atoms with van der Waals surface area (Å²) in [6, 6.07) is 4.50. The molecule has 2 saturated heterocycles. The highest BCUT2D eigenvalue weighted by molar-refractivity contribution is 7.89. The number of amides is 1. The molecule has 0 spiro atoms. The number of carbonyl (C=O) groups excluding carboxylic acids is 1. The number of hydrogen-bond donors (Lipinski definition) is 1. The first-order chi connectivity index (χ1) is 12.8. The zero-order chi connectivity index (χ0) is 19.6. The van der Waals surface area contributed by atoms with Gasteiger partial charge in [0.1, 0.15) is 0 Å². The van der Waals surface area contributed by atoms with Crippen LogP contribution in [0.1, 0.15) is 43.0 Å². The van der Waals surface area contributed by atoms with Gasteiger partial charge in [0.2, 0.25) is 10.0 Å². The number of nitrogens with one attached hydrogen (secondary N) is 1. The highest BCUT2D eigenvalue weighted by atomic mass is 35.5. The molecule has 0 saturated carbocycles. The summed E-state index contributed by atoms with van der Waals surface area (Å²) in [6.07, 6.45) is 3.47. The van der Waals surface area contributed by atoms with Gasteiger partial charge in [-0.1, -0.05) is 18.5 Å². The molecule has 0 bridgehead atoms. The number of carbonyl (C=O) groups is 1. The lowest BCUT2D eigenvalue weighted by atomic mass is 10.0. The summed E-state index contributed by atoms with van der Waals surface area (Å²) < 4.78 is 27.4. The van der Waals surface area contributed by atoms with Gasteiger partial charge in [-0.3, -0.25) is 4.79 Å². The van der Waals surface area contributed by atoms with Crippen LogP contribution in [0, 0.1) is 5.92 Å². The van der Waals surface area contributed by atoms with E-state index in [9.17, 15) is 13.2 Å². The zero-order valence-corrected chi connectivity index (χ0v) is 17.5. The molecule has 1 aromatic carbocycles. The van der Waals surface area contributed by atoms with Crippen molar-refractivity contribution in [3.05, 3.63) is 28.8 Å². The van der Waals surface area contributed by atoms with Gasteiger partial charge < -0.3 is 10.2 Å². The van der Waals surface area contributed by atoms with Crippen LogP contribution in [0.5, 0.6) is 0 Å². The molecular weight excluding hydrogens is 386 g/mol. The van der Waals surface area contributed by atoms with Crippen molar-refractivity contribution in [1.82, 2.24) is 14.5 Å². The first-order valence-electron chi connectivity index (χ1n) is 9.56. The van der Waals surface area contributed by atoms with E-state index in [0.717, 1.165) is 38.8 Å². The fraction of sp³-hybridized carbons (Fsp3) is 0.632. The van der Waals surface area contributed by atoms with Gasteiger partial charge in [0.25, 0.3) is 5.91 Å². The number of hydrogen-bond acceptors (Lipinski definition) is 4. The molecule has 150 valence electrons. The Morgan fingerprint density at radius 2 is 1.74 bits per heavy atom. The van der Waals surface area contributed by atoms with Gasteiger partial charge in [0, 0.05) is 19.1 Å². The van der Waals surface area contributed by atoms with Gasteiger partial charge in [-0.25, -0.2) is 8.42 Å². The van der Waals surface area contributed by atoms with Crippen LogP contribution in [-0.2, 0) is 10.0 Å². The molecule has 0 radical (unpaired) electrons. The van der Waals surface area contributed by atoms with E-state index in [2.05, 4.69) is 24.2 Å². The fourth-order valence-electron chi connectivity index (χ4n) is 3.63. The molecule has 0 aliphatic carbocycles. The first kappa shape index (κ1) is 20.6. The quantitative estimate of drug-likeness (QED) is 0.823. The Morgan fingerprint density at radius 3 is 2.37 bits per heavy atom. The van der Waals surface area contributed by atoms with Crippen molar-refractivity contribution in [3.8, 4) is 0 Å². The van der Waals surface area contributed by atoms with Gasteiger partial charge in [0.15, 0.2) is 0 Å². The van der Waals surface area contributed by atoms with E-state index in [-0.39, 0.29) is 27.4 Å². The lowest BCUT2D eigenvalue weighted by molar-refractivity contribution is 0.0917. The van der Waals surface area contributed by atoms with E-state index in [0.29, 0.717) is 19.0 Å². The fourth-order valence-corrected chi connectivity index (χ4v) is 5.33. The van der Waals surface area contributed by atoms with Gasteiger partial charge in [-0.2, -0.15) is 4.31 Å². The number of piperidine rings is 2. The van der Waals surface area contributed by atoms with Crippen LogP contribution in [0.15, 0.2) is 23.1 Å². The van der Waals surface area contributed by atoms with Gasteiger partial charge >= 0.3 is 0 Å². The zero-order valence-electron chi connectivity index (χ0n) is 15.9. The third kappa shape index (κ3) is 4.83. The largest absolute Gasteiger partial charge is 0.349 e. The van der Waals surface area contributed by atoms with Crippen LogP contribution in [0.25, 0.3) is 0 Å². The predicted octanol–water partition coefficient (Wildman–Crippen LogP) is 2.58. The molecule has 1 N–H and O–H groups in total. The Balaban J connectivity index is 1.76. The van der Waals surface area contributed by atoms with E-state index >= 15 is 0 Å². The smallest absolute Gasteiger partial charge is 0.253 e. The summed E-state index contributed by atoms with van der Waals surface area (Å²) in [5.74, 6) is 0.233. The maximum absolute atomic E-state index is 13.0. The molecule has 0 atom stereocenters. The van der Waals surface area contributed by atoms with Gasteiger partial charge in [-0.05, 0) is 69.9 Å². The second-order valence-electron chi connectivity index (χ2n) is 7.78. The van der Waals surface area contributed by atoms with Crippen LogP contribution in [-0.4, -0.2) is 62.8 Å². The molecule has 1 amide bonds. The summed E-state index contributed by atoms with van der Waals surface area (Å²) >= 11 is 6.21. The molecule has 2 aliphatic rings. The number of benzene rings is 1. The van der Waals surface area contributed by atoms with Crippen molar-refractivity contribution in [2.45, 2.75) is 43.5 Å². The number of rotatable bonds is 4. The topological polar surface area (TPSA) is 69.7 Å². The number of sulfonamides is 1. The van der Waals surface area contributed by atoms with Crippen molar-refractivity contribution in [3.63, 3.8) is 0 Å². The SMILES string of the molecule is CC1CCN(S(=O)(=O)c2ccc(Cl)c(C(=O)NC3CCN(C)CC3)c2)CC1. The second-order valence-corrected chi connectivity index (χ2v) is 10.1. The van der Waals surface area contributed by atoms with Crippen molar-refractivity contribution in [1.29, 1.82) is 0 Å². The van der Waals surface area contributed by atoms with Crippen molar-refractivity contribution < 1.29 is 13.2 Å². The minimum atomic E-state index is -3.61. The highest BCUT2D eigenvalue weighted by Gasteiger charge is 2.29. The molecule has 3 rings (SSSR count). The minimum absolute atomic E-state index is 0.0913. The minimum Gasteiger partial charge on any atom is -0.349 e. The predicted molar refractivity (Wildman–Crippen MR) is 107 cm³/mol. The van der Waals surface area contributed by atoms with Gasteiger partial charge in [0.05, 0.1) is 15.5 Å². The van der Waals surface area contributed by atoms with Crippen LogP contribution in [0.2, 0.25) is 5.02 Å². The molecule has 2 fully saturated rings. The Morgan fingerprint density at radius 1 is 1.11 bits per heavy atom. The Hall–Kier alpha value is -1.15. The number of likely N-dealkylation sites (tertiary alicyclic amines) is 1. The Labute approximate surface area is 166 Å². The normalized spacial score (nSPS) is 21.3. The van der Waals surface area contributed by atoms with E-state index < -0.39 is 10.0 Å². The van der Waals surface area contributed by atoms with E-state index in [1.165, 1.54) is 22.5 Å². The first-order valence-corrected chi connectivity index (χ1v) is 11.4. The van der Waals surface area contributed by atoms with Crippen molar-refractivity contribution in [2.75, 3.05) is 33.2 Å². The van der Waals surface area contributed by atoms with Crippen molar-refractivity contribution >= 4 is 27.5 Å². The molecule has 27 heavy (non-hydrogen) atoms. The summed E-state index contributed by atoms with van der Waals surface area (Å²) in [5, 5.41) is 3.27. The molecular formula is C19H28ClN3O3S. The lowest BCUT2D eigenvalue weighted by Gasteiger charge is -2.30. The van der Waals surface area contributed by atoms with E-state index in [1.807, 2.05) is 0 Å². The molecule has 8 heteroatoms. The van der Waals surface area contributed by atoms with Crippen LogP contribution in [0.4, 0.5) is 0 Å². The standard InChI is InChI=1S/C19H28ClN3O3S/c1-14-5-11-23(12-6-14)27(25,26)16-3-4-18(20)17(13-16)19(24)21-15-7-9-22(2)10-8-15/h3-4,13-15H,5-12H2,1-2H3,(H,21,24). The third-order valence-electron chi connectivity index (χ3n) is 5.62. The molecule has 1 aromatic rings. The van der Waals surface area contributed by atoms with E-state index in [4.69, 9.17) is 11.6 Å². The van der Waals surface area contributed by atoms with Gasteiger partial charge in [-0.15, -0.1) is 0 Å². The monoisotopic (exact) mass is 413 g/mol. The van der Waals surface area contributed by atoms with E-state index in [1.54, 1.807) is 0 Å². The molecule has 2 aliphatic heterocycles. The van der Waals surface area contributed by atoms with Crippen LogP contribution >= 0.6 is 11.6 Å². The number of halogens is 1. The molecule has 2 heterocycles. The number of nitrogens with zero attached hydrogens (tertiary/aromatic N) is 2. The summed E-state index contributed by atoms with van der Waals surface area (Å²) in [7, 11) is -1.55. The van der Waals surface area contributed by atoms with Crippen LogP contribution in [0.3, 0.4) is 0 Å². The summed E-state index contributed by atoms with van der Waals surface area (Å²) in [6.45, 7) is 5.03. The maximum Gasteiger partial charge on any atom is 0.253 e. The second kappa shape index (κ2) is 8.47. The molecule has 0 unspecified atom stereocenters. The Kier molecular flexibility index (Phi) is 6.46. The van der Waals surface area contributed by atoms with Crippen LogP contribution < -0.4 is 5.32 Å².